The Balaban J connectivity index is 1.66. The number of nitrogens with zero attached hydrogens (tertiary/aromatic N) is 8. The molecule has 0 radical (unpaired) electrons. The second-order valence-electron chi connectivity index (χ2n) is 6.70. The first-order chi connectivity index (χ1) is 15.5. The van der Waals surface area contributed by atoms with E-state index in [0.29, 0.717) is 23.8 Å². The summed E-state index contributed by atoms with van der Waals surface area (Å²) in [6.07, 6.45) is 5.75. The summed E-state index contributed by atoms with van der Waals surface area (Å²) in [6, 6.07) is 1.75. The van der Waals surface area contributed by atoms with Crippen molar-refractivity contribution in [1.82, 2.24) is 44.5 Å². The van der Waals surface area contributed by atoms with Crippen LogP contribution in [0.25, 0.3) is 17.2 Å². The van der Waals surface area contributed by atoms with Crippen LogP contribution in [-0.2, 0) is 13.5 Å². The van der Waals surface area contributed by atoms with Gasteiger partial charge in [0.1, 0.15) is 11.5 Å². The van der Waals surface area contributed by atoms with Crippen LogP contribution in [0.3, 0.4) is 0 Å². The smallest absolute Gasteiger partial charge is 0.279 e. The summed E-state index contributed by atoms with van der Waals surface area (Å²) < 4.78 is 24.6. The van der Waals surface area contributed by atoms with Crippen molar-refractivity contribution >= 4 is 17.9 Å². The fraction of sp³-hybridized carbons (Fsp3) is 0.278. The van der Waals surface area contributed by atoms with Gasteiger partial charge in [0.15, 0.2) is 17.3 Å². The summed E-state index contributed by atoms with van der Waals surface area (Å²) in [5.74, 6) is 0.734. The van der Waals surface area contributed by atoms with Crippen LogP contribution in [0.2, 0.25) is 0 Å². The molecular weight excluding hydrogens is 439 g/mol. The number of hydrogen-bond donors (Lipinski definition) is 2. The summed E-state index contributed by atoms with van der Waals surface area (Å²) in [7, 11) is 3.19. The highest BCUT2D eigenvalue weighted by atomic mass is 32.2. The molecule has 0 amide bonds. The maximum atomic E-state index is 13.0. The van der Waals surface area contributed by atoms with Gasteiger partial charge >= 0.3 is 0 Å². The van der Waals surface area contributed by atoms with E-state index >= 15 is 0 Å². The number of aromatic amines is 1. The van der Waals surface area contributed by atoms with Crippen molar-refractivity contribution in [3.05, 3.63) is 53.0 Å². The highest BCUT2D eigenvalue weighted by molar-refractivity contribution is 8.01. The molecule has 2 N–H and O–H groups in total. The highest BCUT2D eigenvalue weighted by Gasteiger charge is 2.24. The molecule has 32 heavy (non-hydrogen) atoms. The van der Waals surface area contributed by atoms with E-state index in [-0.39, 0.29) is 22.8 Å². The fourth-order valence-electron chi connectivity index (χ4n) is 2.88. The number of H-pyrrole nitrogens is 1. The van der Waals surface area contributed by atoms with Crippen molar-refractivity contribution < 1.29 is 9.13 Å². The number of rotatable bonds is 8. The summed E-state index contributed by atoms with van der Waals surface area (Å²) in [5.41, 5.74) is 0.184. The van der Waals surface area contributed by atoms with E-state index in [9.17, 15) is 9.18 Å². The Morgan fingerprint density at radius 1 is 1.28 bits per heavy atom. The zero-order valence-corrected chi connectivity index (χ0v) is 18.2. The van der Waals surface area contributed by atoms with Crippen molar-refractivity contribution in [2.24, 2.45) is 7.05 Å². The van der Waals surface area contributed by atoms with Crippen molar-refractivity contribution in [3.8, 4) is 23.1 Å². The van der Waals surface area contributed by atoms with Crippen molar-refractivity contribution in [1.29, 1.82) is 0 Å². The van der Waals surface area contributed by atoms with Gasteiger partial charge in [0.25, 0.3) is 5.56 Å². The molecule has 12 nitrogen and oxygen atoms in total. The molecule has 0 aromatic carbocycles. The van der Waals surface area contributed by atoms with Gasteiger partial charge in [-0.25, -0.2) is 23.9 Å². The average Bonchev–Trinajstić information content (AvgIpc) is 3.39. The molecule has 0 saturated heterocycles. The number of anilines is 1. The molecule has 166 valence electrons. The number of halogens is 1. The Labute approximate surface area is 185 Å². The fourth-order valence-corrected chi connectivity index (χ4v) is 3.55. The molecule has 0 spiro atoms. The van der Waals surface area contributed by atoms with Crippen molar-refractivity contribution in [3.63, 3.8) is 0 Å². The molecule has 1 unspecified atom stereocenters. The molecule has 0 aliphatic heterocycles. The minimum atomic E-state index is -0.488. The first-order valence-electron chi connectivity index (χ1n) is 9.41. The molecule has 0 bridgehead atoms. The van der Waals surface area contributed by atoms with Gasteiger partial charge in [-0.1, -0.05) is 6.92 Å². The third kappa shape index (κ3) is 4.44. The second-order valence-corrected chi connectivity index (χ2v) is 7.94. The minimum Gasteiger partial charge on any atom is -0.479 e. The largest absolute Gasteiger partial charge is 0.479 e. The first kappa shape index (κ1) is 21.4. The summed E-state index contributed by atoms with van der Waals surface area (Å²) in [4.78, 5) is 27.3. The monoisotopic (exact) mass is 458 g/mol. The number of methoxy groups -OCH3 is 1. The maximum absolute atomic E-state index is 13.0. The molecule has 4 aromatic rings. The van der Waals surface area contributed by atoms with E-state index in [2.05, 4.69) is 40.0 Å². The van der Waals surface area contributed by atoms with Crippen LogP contribution in [-0.4, -0.2) is 56.8 Å². The lowest BCUT2D eigenvalue weighted by Crippen LogP contribution is -2.19. The Hall–Kier alpha value is -3.81. The van der Waals surface area contributed by atoms with Crippen LogP contribution >= 0.6 is 11.9 Å². The molecule has 4 heterocycles. The highest BCUT2D eigenvalue weighted by Crippen LogP contribution is 2.28. The number of hydrogen-bond acceptors (Lipinski definition) is 10. The maximum Gasteiger partial charge on any atom is 0.279 e. The molecule has 0 saturated carbocycles. The first-order valence-corrected chi connectivity index (χ1v) is 10.3. The van der Waals surface area contributed by atoms with E-state index in [1.165, 1.54) is 30.0 Å². The zero-order chi connectivity index (χ0) is 22.7. The van der Waals surface area contributed by atoms with Crippen LogP contribution in [0.1, 0.15) is 12.7 Å². The molecular formula is C18H19FN10O2S. The van der Waals surface area contributed by atoms with Gasteiger partial charge < -0.3 is 9.72 Å². The summed E-state index contributed by atoms with van der Waals surface area (Å²) >= 11 is 1.32. The van der Waals surface area contributed by atoms with E-state index in [0.717, 1.165) is 12.4 Å². The Kier molecular flexibility index (Phi) is 6.11. The Bertz CT molecular complexity index is 1270. The predicted octanol–water partition coefficient (Wildman–Crippen LogP) is 1.38. The van der Waals surface area contributed by atoms with Gasteiger partial charge in [-0.15, -0.1) is 10.2 Å². The van der Waals surface area contributed by atoms with Crippen molar-refractivity contribution in [2.75, 3.05) is 11.8 Å². The number of aromatic nitrogens is 9. The Morgan fingerprint density at radius 2 is 2.06 bits per heavy atom. The molecule has 4 aromatic heterocycles. The Morgan fingerprint density at radius 3 is 2.75 bits per heavy atom. The van der Waals surface area contributed by atoms with Crippen LogP contribution in [0.4, 0.5) is 10.3 Å². The van der Waals surface area contributed by atoms with Gasteiger partial charge in [-0.2, -0.15) is 5.10 Å². The van der Waals surface area contributed by atoms with Crippen LogP contribution < -0.4 is 15.0 Å². The van der Waals surface area contributed by atoms with Gasteiger partial charge in [-0.05, 0) is 18.0 Å². The van der Waals surface area contributed by atoms with Gasteiger partial charge in [0.05, 0.1) is 25.8 Å². The SMILES string of the molecule is COc1nc[nH]c(=O)c1-n1c(NSC(C)Cc2ncc(F)cn2)nnc1-c1ccn(C)n1. The molecule has 0 aliphatic rings. The standard InChI is InChI=1S/C18H19FN10O2S/c1-10(6-13-20-7-11(19)8-21-13)32-27-18-25-24-15(12-4-5-28(2)26-12)29(18)14-16(30)22-9-23-17(14)31-3/h4-5,7-10H,6H2,1-3H3,(H,25,27)(H,22,23,30). The number of ether oxygens (including phenoxy) is 1. The molecule has 1 atom stereocenters. The normalized spacial score (nSPS) is 12.0. The molecule has 0 aliphatic carbocycles. The molecule has 14 heteroatoms. The lowest BCUT2D eigenvalue weighted by Gasteiger charge is -2.14. The topological polar surface area (TPSA) is 141 Å². The third-order valence-electron chi connectivity index (χ3n) is 4.31. The van der Waals surface area contributed by atoms with E-state index in [1.807, 2.05) is 6.92 Å². The zero-order valence-electron chi connectivity index (χ0n) is 17.4. The molecule has 4 rings (SSSR count). The number of aryl methyl sites for hydroxylation is 1. The lowest BCUT2D eigenvalue weighted by atomic mass is 10.3. The number of nitrogens with one attached hydrogen (secondary N) is 2. The summed E-state index contributed by atoms with van der Waals surface area (Å²) in [6.45, 7) is 1.95. The van der Waals surface area contributed by atoms with E-state index < -0.39 is 11.4 Å². The van der Waals surface area contributed by atoms with E-state index in [4.69, 9.17) is 4.74 Å². The van der Waals surface area contributed by atoms with E-state index in [1.54, 1.807) is 24.0 Å². The van der Waals surface area contributed by atoms with Crippen LogP contribution in [0.15, 0.2) is 35.8 Å². The predicted molar refractivity (Wildman–Crippen MR) is 115 cm³/mol. The van der Waals surface area contributed by atoms with Gasteiger partial charge in [-0.3, -0.25) is 14.2 Å². The average molecular weight is 458 g/mol. The molecule has 0 fully saturated rings. The van der Waals surface area contributed by atoms with Crippen LogP contribution in [0, 0.1) is 5.82 Å². The summed E-state index contributed by atoms with van der Waals surface area (Å²) in [5, 5.41) is 12.8. The minimum absolute atomic E-state index is 0.0158. The lowest BCUT2D eigenvalue weighted by molar-refractivity contribution is 0.394. The quantitative estimate of drug-likeness (QED) is 0.372. The van der Waals surface area contributed by atoms with Gasteiger partial charge in [0.2, 0.25) is 11.8 Å². The van der Waals surface area contributed by atoms with Gasteiger partial charge in [0, 0.05) is 24.9 Å². The second kappa shape index (κ2) is 9.13. The van der Waals surface area contributed by atoms with Crippen LogP contribution in [0.5, 0.6) is 5.88 Å². The third-order valence-corrected chi connectivity index (χ3v) is 5.18. The van der Waals surface area contributed by atoms with Crippen molar-refractivity contribution in [2.45, 2.75) is 18.6 Å².